The summed E-state index contributed by atoms with van der Waals surface area (Å²) < 4.78 is 25.7. The van der Waals surface area contributed by atoms with Gasteiger partial charge in [-0.2, -0.15) is 0 Å². The number of nitrogens with two attached hydrogens (primary N) is 1. The quantitative estimate of drug-likeness (QED) is 0.300. The van der Waals surface area contributed by atoms with E-state index < -0.39 is 11.8 Å². The van der Waals surface area contributed by atoms with Gasteiger partial charge in [-0.3, -0.25) is 15.0 Å². The van der Waals surface area contributed by atoms with E-state index in [-0.39, 0.29) is 41.9 Å². The summed E-state index contributed by atoms with van der Waals surface area (Å²) in [5.41, 5.74) is 6.10. The van der Waals surface area contributed by atoms with Gasteiger partial charge >= 0.3 is 12.0 Å². The highest BCUT2D eigenvalue weighted by Crippen LogP contribution is 2.26. The number of amidine groups is 1. The Hall–Kier alpha value is -3.56. The van der Waals surface area contributed by atoms with Crippen molar-refractivity contribution < 1.29 is 23.5 Å². The average molecular weight is 486 g/mol. The van der Waals surface area contributed by atoms with Gasteiger partial charge in [0.05, 0.1) is 6.61 Å². The molecule has 1 amide bonds. The fourth-order valence-corrected chi connectivity index (χ4v) is 3.83. The molecule has 0 atom stereocenters. The Morgan fingerprint density at radius 3 is 2.54 bits per heavy atom. The summed E-state index contributed by atoms with van der Waals surface area (Å²) in [6.07, 6.45) is 4.95. The van der Waals surface area contributed by atoms with Gasteiger partial charge in [0, 0.05) is 48.6 Å². The summed E-state index contributed by atoms with van der Waals surface area (Å²) in [5, 5.41) is 7.11. The summed E-state index contributed by atoms with van der Waals surface area (Å²) in [5.74, 6) is -0.662. The number of hydrogen-bond donors (Lipinski definition) is 2. The van der Waals surface area contributed by atoms with Crippen LogP contribution in [0.4, 0.5) is 4.39 Å². The van der Waals surface area contributed by atoms with Gasteiger partial charge in [0.15, 0.2) is 0 Å². The zero-order valence-electron chi connectivity index (χ0n) is 20.1. The van der Waals surface area contributed by atoms with E-state index in [1.807, 2.05) is 18.7 Å². The van der Waals surface area contributed by atoms with Gasteiger partial charge in [-0.05, 0) is 24.7 Å². The van der Waals surface area contributed by atoms with Gasteiger partial charge in [-0.1, -0.05) is 32.0 Å². The monoisotopic (exact) mass is 485 g/mol. The second kappa shape index (κ2) is 12.2. The molecule has 2 aromatic rings. The number of carbonyl (C=O) groups excluding carboxylic acids is 2. The van der Waals surface area contributed by atoms with Gasteiger partial charge in [0.1, 0.15) is 24.7 Å². The van der Waals surface area contributed by atoms with Crippen LogP contribution in [0.5, 0.6) is 6.01 Å². The molecule has 1 aliphatic heterocycles. The van der Waals surface area contributed by atoms with E-state index in [0.29, 0.717) is 30.4 Å². The van der Waals surface area contributed by atoms with Gasteiger partial charge in [-0.25, -0.2) is 14.4 Å². The van der Waals surface area contributed by atoms with Crippen molar-refractivity contribution in [1.82, 2.24) is 14.9 Å². The number of esters is 1. The normalized spacial score (nSPS) is 14.1. The predicted molar refractivity (Wildman–Crippen MR) is 128 cm³/mol. The fourth-order valence-electron chi connectivity index (χ4n) is 3.83. The highest BCUT2D eigenvalue weighted by atomic mass is 19.1. The number of ether oxygens (including phenoxy) is 2. The first-order valence-electron chi connectivity index (χ1n) is 11.7. The second-order valence-electron chi connectivity index (χ2n) is 9.13. The molecule has 0 bridgehead atoms. The molecule has 0 aliphatic carbocycles. The number of aromatic nitrogens is 2. The molecule has 0 radical (unpaired) electrons. The molecule has 1 aromatic carbocycles. The maximum Gasteiger partial charge on any atom is 0.316 e. The zero-order chi connectivity index (χ0) is 25.4. The highest BCUT2D eigenvalue weighted by Gasteiger charge is 2.24. The van der Waals surface area contributed by atoms with E-state index >= 15 is 0 Å². The molecule has 3 N–H and O–H groups in total. The van der Waals surface area contributed by atoms with Gasteiger partial charge < -0.3 is 20.1 Å². The van der Waals surface area contributed by atoms with Crippen LogP contribution < -0.4 is 10.5 Å². The number of benzene rings is 1. The lowest BCUT2D eigenvalue weighted by Gasteiger charge is -2.32. The van der Waals surface area contributed by atoms with Crippen LogP contribution in [0.3, 0.4) is 0 Å². The van der Waals surface area contributed by atoms with Gasteiger partial charge in [0.2, 0.25) is 5.91 Å². The van der Waals surface area contributed by atoms with Crippen molar-refractivity contribution in [3.05, 3.63) is 42.0 Å². The zero-order valence-corrected chi connectivity index (χ0v) is 20.1. The summed E-state index contributed by atoms with van der Waals surface area (Å²) in [6, 6.07) is 4.96. The van der Waals surface area contributed by atoms with Crippen LogP contribution in [0.25, 0.3) is 11.1 Å². The van der Waals surface area contributed by atoms with Crippen LogP contribution in [0, 0.1) is 23.1 Å². The van der Waals surface area contributed by atoms with Crippen molar-refractivity contribution in [2.75, 3.05) is 19.7 Å². The molecule has 1 aromatic heterocycles. The number of hydrogen-bond acceptors (Lipinski definition) is 7. The maximum atomic E-state index is 14.9. The third kappa shape index (κ3) is 7.73. The smallest absolute Gasteiger partial charge is 0.316 e. The molecule has 2 heterocycles. The highest BCUT2D eigenvalue weighted by molar-refractivity contribution is 5.94. The lowest BCUT2D eigenvalue weighted by molar-refractivity contribution is -0.143. The Kier molecular flexibility index (Phi) is 9.11. The van der Waals surface area contributed by atoms with Crippen molar-refractivity contribution in [1.29, 1.82) is 5.41 Å². The van der Waals surface area contributed by atoms with E-state index in [2.05, 4.69) is 9.97 Å². The molecule has 1 aliphatic rings. The largest absolute Gasteiger partial charge is 0.463 e. The molecule has 35 heavy (non-hydrogen) atoms. The predicted octanol–water partition coefficient (Wildman–Crippen LogP) is 3.32. The van der Waals surface area contributed by atoms with Gasteiger partial charge in [0.25, 0.3) is 0 Å². The van der Waals surface area contributed by atoms with Crippen molar-refractivity contribution in [2.24, 2.45) is 17.6 Å². The molecule has 0 saturated carbocycles. The lowest BCUT2D eigenvalue weighted by Crippen LogP contribution is -2.40. The Bertz CT molecular complexity index is 1040. The number of carbonyl (C=O) groups is 2. The fraction of sp³-hybridized carbons (Fsp3) is 0.480. The van der Waals surface area contributed by atoms with Crippen LogP contribution in [0.2, 0.25) is 0 Å². The Morgan fingerprint density at radius 1 is 1.23 bits per heavy atom. The number of rotatable bonds is 10. The van der Waals surface area contributed by atoms with Crippen molar-refractivity contribution in [3.63, 3.8) is 0 Å². The first-order valence-corrected chi connectivity index (χ1v) is 11.7. The Morgan fingerprint density at radius 2 is 1.91 bits per heavy atom. The third-order valence-electron chi connectivity index (χ3n) is 5.74. The maximum absolute atomic E-state index is 14.9. The van der Waals surface area contributed by atoms with E-state index in [1.165, 1.54) is 18.5 Å². The minimum atomic E-state index is -0.694. The van der Waals surface area contributed by atoms with Crippen LogP contribution >= 0.6 is 0 Å². The molecule has 3 rings (SSSR count). The summed E-state index contributed by atoms with van der Waals surface area (Å²) in [7, 11) is 0. The van der Waals surface area contributed by atoms with Crippen molar-refractivity contribution >= 4 is 17.7 Å². The minimum Gasteiger partial charge on any atom is -0.463 e. The topological polar surface area (TPSA) is 131 Å². The average Bonchev–Trinajstić information content (AvgIpc) is 2.82. The van der Waals surface area contributed by atoms with Crippen LogP contribution in [-0.4, -0.2) is 52.3 Å². The standard InChI is InChI=1S/C25H32FN5O4/c1-16(2)10-22(32)31-8-6-17(7-9-31)14-35-25-29-12-19(13-30-25)20-5-3-4-18(24(20)26)15-34-23(33)11-21(27)28/h3-5,12-13,16-17H,6-11,14-15H2,1-2H3,(H3,27,28). The van der Waals surface area contributed by atoms with E-state index in [9.17, 15) is 14.0 Å². The molecular formula is C25H32FN5O4. The first kappa shape index (κ1) is 26.1. The number of halogens is 1. The summed E-state index contributed by atoms with van der Waals surface area (Å²) in [6.45, 7) is 5.75. The first-order chi connectivity index (χ1) is 16.7. The summed E-state index contributed by atoms with van der Waals surface area (Å²) in [4.78, 5) is 34.1. The van der Waals surface area contributed by atoms with Crippen molar-refractivity contribution in [2.45, 2.75) is 46.1 Å². The number of piperidine rings is 1. The van der Waals surface area contributed by atoms with Gasteiger partial charge in [-0.15, -0.1) is 0 Å². The number of nitrogens with one attached hydrogen (secondary N) is 1. The number of amides is 1. The van der Waals surface area contributed by atoms with Crippen LogP contribution in [0.15, 0.2) is 30.6 Å². The molecule has 1 fully saturated rings. The molecule has 10 heteroatoms. The van der Waals surface area contributed by atoms with E-state index in [4.69, 9.17) is 20.6 Å². The lowest BCUT2D eigenvalue weighted by atomic mass is 9.97. The number of nitrogens with zero attached hydrogens (tertiary/aromatic N) is 3. The van der Waals surface area contributed by atoms with Crippen LogP contribution in [0.1, 0.15) is 45.1 Å². The molecule has 1 saturated heterocycles. The Labute approximate surface area is 204 Å². The van der Waals surface area contributed by atoms with E-state index in [1.54, 1.807) is 12.1 Å². The number of likely N-dealkylation sites (tertiary alicyclic amines) is 1. The third-order valence-corrected chi connectivity index (χ3v) is 5.74. The Balaban J connectivity index is 1.52. The molecule has 9 nitrogen and oxygen atoms in total. The van der Waals surface area contributed by atoms with E-state index in [0.717, 1.165) is 25.9 Å². The molecule has 188 valence electrons. The second-order valence-corrected chi connectivity index (χ2v) is 9.13. The summed E-state index contributed by atoms with van der Waals surface area (Å²) >= 11 is 0. The van der Waals surface area contributed by atoms with Crippen LogP contribution in [-0.2, 0) is 20.9 Å². The molecule has 0 spiro atoms. The SMILES string of the molecule is CC(C)CC(=O)N1CCC(COc2ncc(-c3cccc(COC(=O)CC(=N)N)c3F)cn2)CC1. The molecule has 0 unspecified atom stereocenters. The van der Waals surface area contributed by atoms with Crippen molar-refractivity contribution in [3.8, 4) is 17.1 Å². The minimum absolute atomic E-state index is 0.193. The molecular weight excluding hydrogens is 453 g/mol.